The minimum Gasteiger partial charge on any atom is -0.477 e. The van der Waals surface area contributed by atoms with Crippen molar-refractivity contribution >= 4 is 27.8 Å². The molecule has 2 N–H and O–H groups in total. The molecule has 1 aromatic heterocycles. The number of carboxylic acids is 1. The maximum absolute atomic E-state index is 12.3. The Balaban J connectivity index is 2.25. The Bertz CT molecular complexity index is 530. The number of nitrogens with one attached hydrogen (secondary N) is 1. The van der Waals surface area contributed by atoms with E-state index >= 15 is 0 Å². The van der Waals surface area contributed by atoms with Crippen LogP contribution < -0.4 is 0 Å². The van der Waals surface area contributed by atoms with Crippen LogP contribution in [0.3, 0.4) is 0 Å². The van der Waals surface area contributed by atoms with E-state index in [0.717, 1.165) is 24.0 Å². The topological polar surface area (TPSA) is 90.5 Å². The molecule has 0 saturated carbocycles. The van der Waals surface area contributed by atoms with Crippen LogP contribution in [-0.2, 0) is 10.0 Å². The van der Waals surface area contributed by atoms with Crippen molar-refractivity contribution < 1.29 is 18.3 Å². The Morgan fingerprint density at radius 3 is 2.83 bits per heavy atom. The number of H-pyrrole nitrogens is 1. The van der Waals surface area contributed by atoms with Crippen molar-refractivity contribution in [3.8, 4) is 0 Å². The first kappa shape index (κ1) is 13.4. The molecule has 0 spiro atoms. The van der Waals surface area contributed by atoms with Crippen LogP contribution >= 0.6 is 11.8 Å². The minimum atomic E-state index is -3.57. The summed E-state index contributed by atoms with van der Waals surface area (Å²) in [5.41, 5.74) is -0.113. The lowest BCUT2D eigenvalue weighted by atomic mass is 10.4. The summed E-state index contributed by atoms with van der Waals surface area (Å²) in [7, 11) is -3.57. The number of aromatic amines is 1. The molecule has 0 aliphatic carbocycles. The molecule has 0 bridgehead atoms. The van der Waals surface area contributed by atoms with Gasteiger partial charge >= 0.3 is 5.97 Å². The molecule has 1 fully saturated rings. The second kappa shape index (κ2) is 5.33. The van der Waals surface area contributed by atoms with Crippen LogP contribution in [-0.4, -0.2) is 53.4 Å². The molecular formula is C10H14N2O4S2. The lowest BCUT2D eigenvalue weighted by molar-refractivity contribution is 0.0691. The van der Waals surface area contributed by atoms with Crippen LogP contribution in [0.5, 0.6) is 0 Å². The van der Waals surface area contributed by atoms with E-state index in [2.05, 4.69) is 4.98 Å². The zero-order valence-corrected chi connectivity index (χ0v) is 11.3. The first-order valence-electron chi connectivity index (χ1n) is 5.51. The Kier molecular flexibility index (Phi) is 3.98. The van der Waals surface area contributed by atoms with Crippen LogP contribution in [0.2, 0.25) is 0 Å². The van der Waals surface area contributed by atoms with Gasteiger partial charge in [0.1, 0.15) is 10.6 Å². The predicted octanol–water partition coefficient (Wildman–Crippen LogP) is 0.840. The van der Waals surface area contributed by atoms with Gasteiger partial charge in [0.2, 0.25) is 10.0 Å². The van der Waals surface area contributed by atoms with Gasteiger partial charge in [0.25, 0.3) is 0 Å². The van der Waals surface area contributed by atoms with E-state index in [0.29, 0.717) is 13.1 Å². The Hall–Kier alpha value is -0.990. The van der Waals surface area contributed by atoms with Gasteiger partial charge in [0.05, 0.1) is 0 Å². The zero-order chi connectivity index (χ0) is 13.2. The number of carboxylic acid groups (broad SMARTS) is 1. The minimum absolute atomic E-state index is 0.0202. The van der Waals surface area contributed by atoms with E-state index in [1.54, 1.807) is 11.8 Å². The third-order valence-electron chi connectivity index (χ3n) is 2.71. The zero-order valence-electron chi connectivity index (χ0n) is 9.63. The third-order valence-corrected chi connectivity index (χ3v) is 5.63. The molecule has 6 nitrogen and oxygen atoms in total. The number of carbonyl (C=O) groups is 1. The molecule has 2 rings (SSSR count). The van der Waals surface area contributed by atoms with Crippen LogP contribution in [0.15, 0.2) is 17.2 Å². The van der Waals surface area contributed by atoms with Gasteiger partial charge in [-0.25, -0.2) is 13.2 Å². The molecule has 0 unspecified atom stereocenters. The number of aromatic carboxylic acids is 1. The fraction of sp³-hybridized carbons (Fsp3) is 0.500. The van der Waals surface area contributed by atoms with E-state index in [4.69, 9.17) is 5.11 Å². The standard InChI is InChI=1S/C10H14N2O4S2/c13-10(14)9-6-8(7-11-9)18(15,16)12-2-1-4-17-5-3-12/h6-7,11H,1-5H2,(H,13,14). The summed E-state index contributed by atoms with van der Waals surface area (Å²) in [4.78, 5) is 13.2. The number of rotatable bonds is 3. The lowest BCUT2D eigenvalue weighted by Gasteiger charge is -2.18. The van der Waals surface area contributed by atoms with Gasteiger partial charge in [-0.05, 0) is 18.2 Å². The molecule has 0 amide bonds. The average Bonchev–Trinajstić information content (AvgIpc) is 2.66. The first-order valence-corrected chi connectivity index (χ1v) is 8.11. The summed E-state index contributed by atoms with van der Waals surface area (Å²) in [5, 5.41) is 8.78. The molecule has 2 heterocycles. The number of nitrogens with zero attached hydrogens (tertiary/aromatic N) is 1. The first-order chi connectivity index (χ1) is 8.51. The SMILES string of the molecule is O=C(O)c1cc(S(=O)(=O)N2CCCSCC2)c[nH]1. The molecule has 1 aliphatic heterocycles. The molecule has 0 aromatic carbocycles. The third kappa shape index (κ3) is 2.70. The van der Waals surface area contributed by atoms with Crippen molar-refractivity contribution in [3.05, 3.63) is 18.0 Å². The Labute approximate surface area is 109 Å². The molecule has 1 aromatic rings. The molecule has 0 radical (unpaired) electrons. The van der Waals surface area contributed by atoms with E-state index in [-0.39, 0.29) is 10.6 Å². The van der Waals surface area contributed by atoms with Gasteiger partial charge in [0.15, 0.2) is 0 Å². The largest absolute Gasteiger partial charge is 0.477 e. The van der Waals surface area contributed by atoms with Crippen molar-refractivity contribution in [1.29, 1.82) is 0 Å². The summed E-state index contributed by atoms with van der Waals surface area (Å²) in [6.07, 6.45) is 2.05. The quantitative estimate of drug-likeness (QED) is 0.861. The Morgan fingerprint density at radius 1 is 1.39 bits per heavy atom. The van der Waals surface area contributed by atoms with Crippen molar-refractivity contribution in [2.45, 2.75) is 11.3 Å². The van der Waals surface area contributed by atoms with Gasteiger partial charge in [-0.3, -0.25) is 0 Å². The number of sulfonamides is 1. The summed E-state index contributed by atoms with van der Waals surface area (Å²) in [6, 6.07) is 1.16. The summed E-state index contributed by atoms with van der Waals surface area (Å²) < 4.78 is 26.0. The molecule has 100 valence electrons. The molecule has 1 aliphatic rings. The van der Waals surface area contributed by atoms with Crippen molar-refractivity contribution in [2.24, 2.45) is 0 Å². The van der Waals surface area contributed by atoms with E-state index in [9.17, 15) is 13.2 Å². The van der Waals surface area contributed by atoms with Crippen LogP contribution in [0.1, 0.15) is 16.9 Å². The number of aromatic nitrogens is 1. The number of thioether (sulfide) groups is 1. The summed E-state index contributed by atoms with van der Waals surface area (Å²) in [5.74, 6) is 0.567. The Morgan fingerprint density at radius 2 is 2.17 bits per heavy atom. The predicted molar refractivity (Wildman–Crippen MR) is 68.5 cm³/mol. The normalized spacial score (nSPS) is 18.4. The maximum Gasteiger partial charge on any atom is 0.352 e. The van der Waals surface area contributed by atoms with Gasteiger partial charge in [0, 0.05) is 25.0 Å². The maximum atomic E-state index is 12.3. The molecule has 0 atom stereocenters. The summed E-state index contributed by atoms with van der Waals surface area (Å²) >= 11 is 1.73. The highest BCUT2D eigenvalue weighted by Crippen LogP contribution is 2.20. The van der Waals surface area contributed by atoms with E-state index < -0.39 is 16.0 Å². The lowest BCUT2D eigenvalue weighted by Crippen LogP contribution is -2.32. The average molecular weight is 290 g/mol. The second-order valence-corrected chi connectivity index (χ2v) is 7.09. The molecule has 18 heavy (non-hydrogen) atoms. The number of hydrogen-bond donors (Lipinski definition) is 2. The number of hydrogen-bond acceptors (Lipinski definition) is 4. The van der Waals surface area contributed by atoms with Crippen molar-refractivity contribution in [1.82, 2.24) is 9.29 Å². The van der Waals surface area contributed by atoms with E-state index in [1.807, 2.05) is 0 Å². The van der Waals surface area contributed by atoms with Crippen molar-refractivity contribution in [2.75, 3.05) is 24.6 Å². The van der Waals surface area contributed by atoms with Gasteiger partial charge in [-0.1, -0.05) is 0 Å². The van der Waals surface area contributed by atoms with Gasteiger partial charge in [-0.2, -0.15) is 16.1 Å². The van der Waals surface area contributed by atoms with Gasteiger partial charge < -0.3 is 10.1 Å². The van der Waals surface area contributed by atoms with E-state index in [1.165, 1.54) is 10.5 Å². The molecular weight excluding hydrogens is 276 g/mol. The second-order valence-electron chi connectivity index (χ2n) is 3.92. The van der Waals surface area contributed by atoms with Crippen molar-refractivity contribution in [3.63, 3.8) is 0 Å². The van der Waals surface area contributed by atoms with Crippen LogP contribution in [0.25, 0.3) is 0 Å². The smallest absolute Gasteiger partial charge is 0.352 e. The molecule has 8 heteroatoms. The highest BCUT2D eigenvalue weighted by atomic mass is 32.2. The molecule has 1 saturated heterocycles. The van der Waals surface area contributed by atoms with Gasteiger partial charge in [-0.15, -0.1) is 0 Å². The fourth-order valence-electron chi connectivity index (χ4n) is 1.76. The fourth-order valence-corrected chi connectivity index (χ4v) is 4.24. The highest BCUT2D eigenvalue weighted by molar-refractivity contribution is 7.99. The highest BCUT2D eigenvalue weighted by Gasteiger charge is 2.26. The van der Waals surface area contributed by atoms with Crippen LogP contribution in [0, 0.1) is 0 Å². The summed E-state index contributed by atoms with van der Waals surface area (Å²) in [6.45, 7) is 0.962. The monoisotopic (exact) mass is 290 g/mol. The van der Waals surface area contributed by atoms with Crippen LogP contribution in [0.4, 0.5) is 0 Å².